The Balaban J connectivity index is 1.82. The fourth-order valence-electron chi connectivity index (χ4n) is 1.94. The lowest BCUT2D eigenvalue weighted by Crippen LogP contribution is -2.28. The summed E-state index contributed by atoms with van der Waals surface area (Å²) in [5, 5.41) is 0.267. The van der Waals surface area contributed by atoms with Gasteiger partial charge in [-0.3, -0.25) is 0 Å². The third-order valence-corrected chi connectivity index (χ3v) is 4.84. The van der Waals surface area contributed by atoms with Gasteiger partial charge in [-0.1, -0.05) is 29.8 Å². The van der Waals surface area contributed by atoms with Gasteiger partial charge >= 0.3 is 0 Å². The molecule has 0 unspecified atom stereocenters. The number of nitrogens with one attached hydrogen (secondary N) is 1. The summed E-state index contributed by atoms with van der Waals surface area (Å²) in [7, 11) is -1.55. The highest BCUT2D eigenvalue weighted by Gasteiger charge is 2.13. The minimum absolute atomic E-state index is 0.119. The number of aromatic nitrogens is 1. The predicted molar refractivity (Wildman–Crippen MR) is 88.8 cm³/mol. The highest BCUT2D eigenvalue weighted by atomic mass is 35.5. The van der Waals surface area contributed by atoms with Crippen molar-refractivity contribution in [3.63, 3.8) is 0 Å². The highest BCUT2D eigenvalue weighted by Crippen LogP contribution is 2.12. The molecule has 0 aliphatic rings. The van der Waals surface area contributed by atoms with Gasteiger partial charge in [0, 0.05) is 32.0 Å². The van der Waals surface area contributed by atoms with Crippen molar-refractivity contribution in [1.29, 1.82) is 0 Å². The average Bonchev–Trinajstić information content (AvgIpc) is 2.52. The molecule has 0 saturated heterocycles. The van der Waals surface area contributed by atoms with Crippen molar-refractivity contribution in [2.24, 2.45) is 0 Å². The van der Waals surface area contributed by atoms with Crippen molar-refractivity contribution in [3.8, 4) is 0 Å². The van der Waals surface area contributed by atoms with Gasteiger partial charge in [0.2, 0.25) is 10.0 Å². The second-order valence-electron chi connectivity index (χ2n) is 4.83. The fourth-order valence-corrected chi connectivity index (χ4v) is 3.07. The zero-order valence-electron chi connectivity index (χ0n) is 12.2. The Morgan fingerprint density at radius 3 is 2.55 bits per heavy atom. The first kappa shape index (κ1) is 16.7. The lowest BCUT2D eigenvalue weighted by atomic mass is 10.3. The third kappa shape index (κ3) is 4.69. The molecule has 0 radical (unpaired) electrons. The standard InChI is InChI=1S/C15H18ClN3O2S/c1-19(13-6-3-2-4-7-13)11-5-10-18-22(20,21)14-8-9-15(16)17-12-14/h2-4,6-9,12,18H,5,10-11H2,1H3. The zero-order valence-corrected chi connectivity index (χ0v) is 13.8. The van der Waals surface area contributed by atoms with Crippen LogP contribution < -0.4 is 9.62 Å². The molecule has 1 heterocycles. The fraction of sp³-hybridized carbons (Fsp3) is 0.267. The Labute approximate surface area is 136 Å². The van der Waals surface area contributed by atoms with Crippen LogP contribution in [0, 0.1) is 0 Å². The summed E-state index contributed by atoms with van der Waals surface area (Å²) in [6.07, 6.45) is 1.95. The summed E-state index contributed by atoms with van der Waals surface area (Å²) in [5.41, 5.74) is 1.10. The van der Waals surface area contributed by atoms with Crippen molar-refractivity contribution in [2.75, 3.05) is 25.0 Å². The molecule has 0 bridgehead atoms. The maximum absolute atomic E-state index is 12.1. The number of anilines is 1. The van der Waals surface area contributed by atoms with E-state index < -0.39 is 10.0 Å². The maximum atomic E-state index is 12.1. The molecule has 2 rings (SSSR count). The van der Waals surface area contributed by atoms with Gasteiger partial charge in [0.05, 0.1) is 0 Å². The number of rotatable bonds is 7. The molecule has 1 N–H and O–H groups in total. The molecule has 22 heavy (non-hydrogen) atoms. The minimum Gasteiger partial charge on any atom is -0.375 e. The number of hydrogen-bond acceptors (Lipinski definition) is 4. The maximum Gasteiger partial charge on any atom is 0.242 e. The number of pyridine rings is 1. The summed E-state index contributed by atoms with van der Waals surface area (Å²) in [5.74, 6) is 0. The van der Waals surface area contributed by atoms with Crippen molar-refractivity contribution in [2.45, 2.75) is 11.3 Å². The van der Waals surface area contributed by atoms with Crippen LogP contribution in [-0.4, -0.2) is 33.5 Å². The zero-order chi connectivity index (χ0) is 16.0. The third-order valence-electron chi connectivity index (χ3n) is 3.17. The van der Waals surface area contributed by atoms with Crippen LogP contribution in [0.3, 0.4) is 0 Å². The minimum atomic E-state index is -3.53. The van der Waals surface area contributed by atoms with Crippen LogP contribution in [0.4, 0.5) is 5.69 Å². The normalized spacial score (nSPS) is 11.4. The van der Waals surface area contributed by atoms with E-state index in [-0.39, 0.29) is 10.0 Å². The first-order valence-electron chi connectivity index (χ1n) is 6.86. The molecular formula is C15H18ClN3O2S. The molecule has 1 aromatic heterocycles. The van der Waals surface area contributed by atoms with E-state index >= 15 is 0 Å². The molecule has 0 aliphatic carbocycles. The summed E-state index contributed by atoms with van der Waals surface area (Å²) < 4.78 is 26.7. The van der Waals surface area contributed by atoms with E-state index in [1.807, 2.05) is 37.4 Å². The monoisotopic (exact) mass is 339 g/mol. The number of para-hydroxylation sites is 1. The van der Waals surface area contributed by atoms with Gasteiger partial charge in [-0.15, -0.1) is 0 Å². The first-order chi connectivity index (χ1) is 10.5. The molecular weight excluding hydrogens is 322 g/mol. The summed E-state index contributed by atoms with van der Waals surface area (Å²) in [6.45, 7) is 1.12. The van der Waals surface area contributed by atoms with Gasteiger partial charge in [0.1, 0.15) is 10.0 Å². The number of hydrogen-bond donors (Lipinski definition) is 1. The van der Waals surface area contributed by atoms with Crippen LogP contribution >= 0.6 is 11.6 Å². The Hall–Kier alpha value is -1.63. The van der Waals surface area contributed by atoms with Crippen molar-refractivity contribution in [3.05, 3.63) is 53.8 Å². The molecule has 5 nitrogen and oxygen atoms in total. The van der Waals surface area contributed by atoms with E-state index in [1.54, 1.807) is 0 Å². The van der Waals surface area contributed by atoms with Gasteiger partial charge in [-0.2, -0.15) is 0 Å². The summed E-state index contributed by atoms with van der Waals surface area (Å²) in [6, 6.07) is 12.8. The van der Waals surface area contributed by atoms with Gasteiger partial charge in [-0.05, 0) is 30.7 Å². The lowest BCUT2D eigenvalue weighted by Gasteiger charge is -2.19. The second-order valence-corrected chi connectivity index (χ2v) is 6.98. The SMILES string of the molecule is CN(CCCNS(=O)(=O)c1ccc(Cl)nc1)c1ccccc1. The van der Waals surface area contributed by atoms with E-state index in [0.29, 0.717) is 13.0 Å². The van der Waals surface area contributed by atoms with Crippen LogP contribution in [-0.2, 0) is 10.0 Å². The average molecular weight is 340 g/mol. The Morgan fingerprint density at radius 2 is 1.91 bits per heavy atom. The molecule has 118 valence electrons. The molecule has 0 aliphatic heterocycles. The van der Waals surface area contributed by atoms with Crippen LogP contribution in [0.2, 0.25) is 5.15 Å². The summed E-state index contributed by atoms with van der Waals surface area (Å²) in [4.78, 5) is 5.98. The Bertz CT molecular complexity index is 690. The Morgan fingerprint density at radius 1 is 1.18 bits per heavy atom. The number of halogens is 1. The van der Waals surface area contributed by atoms with Gasteiger partial charge in [0.25, 0.3) is 0 Å². The van der Waals surface area contributed by atoms with Crippen LogP contribution in [0.1, 0.15) is 6.42 Å². The van der Waals surface area contributed by atoms with E-state index in [2.05, 4.69) is 14.6 Å². The van der Waals surface area contributed by atoms with E-state index in [0.717, 1.165) is 12.2 Å². The van der Waals surface area contributed by atoms with Crippen molar-refractivity contribution < 1.29 is 8.42 Å². The molecule has 1 aromatic carbocycles. The number of benzene rings is 1. The Kier molecular flexibility index (Phi) is 5.76. The smallest absolute Gasteiger partial charge is 0.242 e. The predicted octanol–water partition coefficient (Wildman–Crippen LogP) is 2.54. The molecule has 0 atom stereocenters. The van der Waals surface area contributed by atoms with Crippen molar-refractivity contribution >= 4 is 27.3 Å². The van der Waals surface area contributed by atoms with Crippen molar-refractivity contribution in [1.82, 2.24) is 9.71 Å². The van der Waals surface area contributed by atoms with E-state index in [4.69, 9.17) is 11.6 Å². The molecule has 2 aromatic rings. The first-order valence-corrected chi connectivity index (χ1v) is 8.72. The largest absolute Gasteiger partial charge is 0.375 e. The summed E-state index contributed by atoms with van der Waals surface area (Å²) >= 11 is 5.65. The molecule has 0 amide bonds. The van der Waals surface area contributed by atoms with Crippen LogP contribution in [0.5, 0.6) is 0 Å². The van der Waals surface area contributed by atoms with Gasteiger partial charge in [-0.25, -0.2) is 18.1 Å². The molecule has 0 saturated carbocycles. The molecule has 0 fully saturated rings. The van der Waals surface area contributed by atoms with E-state index in [1.165, 1.54) is 18.3 Å². The topological polar surface area (TPSA) is 62.3 Å². The quantitative estimate of drug-likeness (QED) is 0.622. The van der Waals surface area contributed by atoms with Crippen LogP contribution in [0.15, 0.2) is 53.6 Å². The number of sulfonamides is 1. The van der Waals surface area contributed by atoms with E-state index in [9.17, 15) is 8.42 Å². The lowest BCUT2D eigenvalue weighted by molar-refractivity contribution is 0.578. The van der Waals surface area contributed by atoms with Gasteiger partial charge in [0.15, 0.2) is 0 Å². The van der Waals surface area contributed by atoms with Crippen LogP contribution in [0.25, 0.3) is 0 Å². The van der Waals surface area contributed by atoms with Gasteiger partial charge < -0.3 is 4.90 Å². The molecule has 7 heteroatoms. The number of nitrogens with zero attached hydrogens (tertiary/aromatic N) is 2. The highest BCUT2D eigenvalue weighted by molar-refractivity contribution is 7.89. The second kappa shape index (κ2) is 7.58. The molecule has 0 spiro atoms.